The van der Waals surface area contributed by atoms with Crippen LogP contribution in [0.1, 0.15) is 10.4 Å². The molecule has 3 rings (SSSR count). The topological polar surface area (TPSA) is 66.7 Å². The highest BCUT2D eigenvalue weighted by Crippen LogP contribution is 2.28. The van der Waals surface area contributed by atoms with Crippen LogP contribution in [0.15, 0.2) is 48.5 Å². The number of nitro benzene ring substituents is 1. The second kappa shape index (κ2) is 6.88. The van der Waals surface area contributed by atoms with Gasteiger partial charge in [0.2, 0.25) is 0 Å². The van der Waals surface area contributed by atoms with Crippen molar-refractivity contribution in [3.05, 3.63) is 69.2 Å². The predicted octanol–water partition coefficient (Wildman–Crippen LogP) is 3.21. The van der Waals surface area contributed by atoms with Gasteiger partial charge in [-0.15, -0.1) is 0 Å². The fourth-order valence-electron chi connectivity index (χ4n) is 2.81. The van der Waals surface area contributed by atoms with Gasteiger partial charge in [-0.05, 0) is 30.3 Å². The summed E-state index contributed by atoms with van der Waals surface area (Å²) in [6.45, 7) is 2.16. The van der Waals surface area contributed by atoms with E-state index in [9.17, 15) is 14.9 Å². The van der Waals surface area contributed by atoms with E-state index in [1.165, 1.54) is 6.07 Å². The number of benzene rings is 2. The summed E-state index contributed by atoms with van der Waals surface area (Å²) in [5.41, 5.74) is 1.29. The van der Waals surface area contributed by atoms with Crippen molar-refractivity contribution in [2.24, 2.45) is 0 Å². The molecule has 0 unspecified atom stereocenters. The van der Waals surface area contributed by atoms with Crippen LogP contribution >= 0.6 is 11.6 Å². The molecule has 124 valence electrons. The second-order valence-corrected chi connectivity index (χ2v) is 5.97. The Labute approximate surface area is 144 Å². The number of piperazine rings is 1. The van der Waals surface area contributed by atoms with Gasteiger partial charge in [-0.2, -0.15) is 0 Å². The number of rotatable bonds is 3. The Morgan fingerprint density at radius 3 is 2.25 bits per heavy atom. The third-order valence-corrected chi connectivity index (χ3v) is 4.33. The molecule has 2 aromatic rings. The molecular formula is C17H16ClN3O3. The minimum absolute atomic E-state index is 0.0473. The zero-order valence-electron chi connectivity index (χ0n) is 12.9. The van der Waals surface area contributed by atoms with Gasteiger partial charge >= 0.3 is 0 Å². The molecule has 0 spiro atoms. The number of amides is 1. The summed E-state index contributed by atoms with van der Waals surface area (Å²) in [4.78, 5) is 27.0. The minimum atomic E-state index is -0.374. The molecule has 0 aromatic heterocycles. The van der Waals surface area contributed by atoms with Gasteiger partial charge in [0.15, 0.2) is 0 Å². The first-order valence-electron chi connectivity index (χ1n) is 7.59. The fraction of sp³-hybridized carbons (Fsp3) is 0.235. The Kier molecular flexibility index (Phi) is 4.66. The van der Waals surface area contributed by atoms with Crippen LogP contribution in [0.4, 0.5) is 11.4 Å². The van der Waals surface area contributed by atoms with Crippen LogP contribution in [-0.2, 0) is 0 Å². The maximum Gasteiger partial charge on any atom is 0.292 e. The fourth-order valence-corrected chi connectivity index (χ4v) is 2.94. The van der Waals surface area contributed by atoms with Crippen LogP contribution in [0, 0.1) is 10.1 Å². The van der Waals surface area contributed by atoms with Gasteiger partial charge in [-0.3, -0.25) is 14.9 Å². The van der Waals surface area contributed by atoms with Gasteiger partial charge in [-0.1, -0.05) is 23.7 Å². The summed E-state index contributed by atoms with van der Waals surface area (Å²) in [6.07, 6.45) is 0. The van der Waals surface area contributed by atoms with E-state index in [2.05, 4.69) is 0 Å². The van der Waals surface area contributed by atoms with E-state index >= 15 is 0 Å². The smallest absolute Gasteiger partial charge is 0.292 e. The largest absolute Gasteiger partial charge is 0.362 e. The van der Waals surface area contributed by atoms with Crippen molar-refractivity contribution >= 4 is 28.9 Å². The SMILES string of the molecule is O=C(c1ccc(Cl)cc1)N1CCN(c2ccccc2[N+](=O)[O-])CC1. The zero-order chi connectivity index (χ0) is 17.1. The molecular weight excluding hydrogens is 330 g/mol. The first kappa shape index (κ1) is 16.3. The average molecular weight is 346 g/mol. The molecule has 1 aliphatic rings. The lowest BCUT2D eigenvalue weighted by atomic mass is 10.1. The maximum atomic E-state index is 12.5. The van der Waals surface area contributed by atoms with Crippen LogP contribution in [0.3, 0.4) is 0 Å². The number of anilines is 1. The summed E-state index contributed by atoms with van der Waals surface area (Å²) >= 11 is 5.84. The number of nitro groups is 1. The normalized spacial score (nSPS) is 14.5. The van der Waals surface area contributed by atoms with Crippen molar-refractivity contribution in [2.75, 3.05) is 31.1 Å². The highest BCUT2D eigenvalue weighted by molar-refractivity contribution is 6.30. The highest BCUT2D eigenvalue weighted by atomic mass is 35.5. The number of para-hydroxylation sites is 2. The first-order valence-corrected chi connectivity index (χ1v) is 7.97. The van der Waals surface area contributed by atoms with Gasteiger partial charge in [0.05, 0.1) is 4.92 Å². The molecule has 0 aliphatic carbocycles. The molecule has 1 heterocycles. The molecule has 2 aromatic carbocycles. The third-order valence-electron chi connectivity index (χ3n) is 4.08. The van der Waals surface area contributed by atoms with Crippen molar-refractivity contribution in [2.45, 2.75) is 0 Å². The quantitative estimate of drug-likeness (QED) is 0.633. The Balaban J connectivity index is 1.69. The van der Waals surface area contributed by atoms with Gasteiger partial charge in [0.25, 0.3) is 11.6 Å². The number of halogens is 1. The van der Waals surface area contributed by atoms with Crippen molar-refractivity contribution in [3.8, 4) is 0 Å². The molecule has 6 nitrogen and oxygen atoms in total. The first-order chi connectivity index (χ1) is 11.6. The molecule has 1 fully saturated rings. The van der Waals surface area contributed by atoms with Crippen LogP contribution < -0.4 is 4.90 Å². The van der Waals surface area contributed by atoms with Crippen LogP contribution in [0.5, 0.6) is 0 Å². The summed E-state index contributed by atoms with van der Waals surface area (Å²) in [5.74, 6) is -0.0473. The van der Waals surface area contributed by atoms with Crippen LogP contribution in [0.25, 0.3) is 0 Å². The Morgan fingerprint density at radius 1 is 1.00 bits per heavy atom. The number of carbonyl (C=O) groups excluding carboxylic acids is 1. The standard InChI is InChI=1S/C17H16ClN3O3/c18-14-7-5-13(6-8-14)17(22)20-11-9-19(10-12-20)15-3-1-2-4-16(15)21(23)24/h1-8H,9-12H2. The molecule has 1 saturated heterocycles. The maximum absolute atomic E-state index is 12.5. The van der Waals surface area contributed by atoms with Gasteiger partial charge in [0, 0.05) is 42.8 Å². The Morgan fingerprint density at radius 2 is 1.62 bits per heavy atom. The van der Waals surface area contributed by atoms with E-state index in [1.807, 2.05) is 4.90 Å². The number of hydrogen-bond donors (Lipinski definition) is 0. The minimum Gasteiger partial charge on any atom is -0.362 e. The van der Waals surface area contributed by atoms with E-state index in [0.29, 0.717) is 42.5 Å². The van der Waals surface area contributed by atoms with E-state index in [4.69, 9.17) is 11.6 Å². The third kappa shape index (κ3) is 3.33. The van der Waals surface area contributed by atoms with Gasteiger partial charge in [-0.25, -0.2) is 0 Å². The average Bonchev–Trinajstić information content (AvgIpc) is 2.62. The summed E-state index contributed by atoms with van der Waals surface area (Å²) in [6, 6.07) is 13.5. The van der Waals surface area contributed by atoms with Crippen molar-refractivity contribution in [1.29, 1.82) is 0 Å². The number of carbonyl (C=O) groups is 1. The van der Waals surface area contributed by atoms with Crippen LogP contribution in [-0.4, -0.2) is 41.9 Å². The number of hydrogen-bond acceptors (Lipinski definition) is 4. The summed E-state index contributed by atoms with van der Waals surface area (Å²) < 4.78 is 0. The van der Waals surface area contributed by atoms with Crippen LogP contribution in [0.2, 0.25) is 5.02 Å². The molecule has 1 amide bonds. The van der Waals surface area contributed by atoms with Gasteiger partial charge < -0.3 is 9.80 Å². The molecule has 0 N–H and O–H groups in total. The molecule has 0 atom stereocenters. The van der Waals surface area contributed by atoms with Gasteiger partial charge in [0.1, 0.15) is 5.69 Å². The highest BCUT2D eigenvalue weighted by Gasteiger charge is 2.25. The Hall–Kier alpha value is -2.60. The molecule has 24 heavy (non-hydrogen) atoms. The lowest BCUT2D eigenvalue weighted by molar-refractivity contribution is -0.384. The van der Waals surface area contributed by atoms with E-state index < -0.39 is 0 Å². The predicted molar refractivity (Wildman–Crippen MR) is 92.7 cm³/mol. The van der Waals surface area contributed by atoms with Crippen molar-refractivity contribution in [3.63, 3.8) is 0 Å². The molecule has 1 aliphatic heterocycles. The molecule has 0 radical (unpaired) electrons. The summed E-state index contributed by atoms with van der Waals surface area (Å²) in [7, 11) is 0. The number of nitrogens with zero attached hydrogens (tertiary/aromatic N) is 3. The van der Waals surface area contributed by atoms with E-state index in [1.54, 1.807) is 47.4 Å². The zero-order valence-corrected chi connectivity index (χ0v) is 13.6. The lowest BCUT2D eigenvalue weighted by Crippen LogP contribution is -2.48. The molecule has 0 bridgehead atoms. The summed E-state index contributed by atoms with van der Waals surface area (Å²) in [5, 5.41) is 11.7. The molecule has 0 saturated carbocycles. The monoisotopic (exact) mass is 345 g/mol. The van der Waals surface area contributed by atoms with E-state index in [0.717, 1.165) is 0 Å². The van der Waals surface area contributed by atoms with Crippen molar-refractivity contribution < 1.29 is 9.72 Å². The van der Waals surface area contributed by atoms with E-state index in [-0.39, 0.29) is 16.5 Å². The second-order valence-electron chi connectivity index (χ2n) is 5.53. The van der Waals surface area contributed by atoms with Crippen molar-refractivity contribution in [1.82, 2.24) is 4.90 Å². The lowest BCUT2D eigenvalue weighted by Gasteiger charge is -2.35. The molecule has 7 heteroatoms. The Bertz CT molecular complexity index is 756.